The van der Waals surface area contributed by atoms with Gasteiger partial charge >= 0.3 is 0 Å². The van der Waals surface area contributed by atoms with Crippen molar-refractivity contribution in [2.24, 2.45) is 0 Å². The van der Waals surface area contributed by atoms with Gasteiger partial charge in [0.05, 0.1) is 11.8 Å². The van der Waals surface area contributed by atoms with Crippen LogP contribution in [0.1, 0.15) is 43.5 Å². The van der Waals surface area contributed by atoms with Crippen molar-refractivity contribution in [3.8, 4) is 0 Å². The fraction of sp³-hybridized carbons (Fsp3) is 0.625. The highest BCUT2D eigenvalue weighted by Crippen LogP contribution is 2.32. The van der Waals surface area contributed by atoms with Gasteiger partial charge in [-0.05, 0) is 39.2 Å². The smallest absolute Gasteiger partial charge is 0.256 e. The van der Waals surface area contributed by atoms with E-state index in [4.69, 9.17) is 0 Å². The molecule has 5 heteroatoms. The maximum absolute atomic E-state index is 13.8. The zero-order chi connectivity index (χ0) is 15.0. The number of halogens is 1. The number of aromatic nitrogens is 1. The third kappa shape index (κ3) is 2.67. The van der Waals surface area contributed by atoms with Crippen LogP contribution < -0.4 is 0 Å². The Morgan fingerprint density at radius 1 is 1.33 bits per heavy atom. The Kier molecular flexibility index (Phi) is 3.93. The predicted octanol–water partition coefficient (Wildman–Crippen LogP) is 2.31. The molecule has 4 nitrogen and oxygen atoms in total. The van der Waals surface area contributed by atoms with Crippen molar-refractivity contribution in [1.82, 2.24) is 14.8 Å². The van der Waals surface area contributed by atoms with E-state index in [1.165, 1.54) is 18.7 Å². The van der Waals surface area contributed by atoms with Gasteiger partial charge in [0.1, 0.15) is 0 Å². The number of pyridine rings is 1. The summed E-state index contributed by atoms with van der Waals surface area (Å²) in [6.45, 7) is 5.84. The molecule has 21 heavy (non-hydrogen) atoms. The zero-order valence-electron chi connectivity index (χ0n) is 12.6. The first-order valence-corrected chi connectivity index (χ1v) is 7.74. The molecular weight excluding hydrogens is 269 g/mol. The molecule has 2 aliphatic heterocycles. The van der Waals surface area contributed by atoms with Crippen LogP contribution >= 0.6 is 0 Å². The van der Waals surface area contributed by atoms with Gasteiger partial charge in [-0.15, -0.1) is 0 Å². The van der Waals surface area contributed by atoms with Gasteiger partial charge in [0, 0.05) is 37.4 Å². The van der Waals surface area contributed by atoms with Crippen LogP contribution in [0.4, 0.5) is 4.39 Å². The van der Waals surface area contributed by atoms with Crippen LogP contribution in [0.5, 0.6) is 0 Å². The third-order valence-corrected chi connectivity index (χ3v) is 4.73. The van der Waals surface area contributed by atoms with E-state index in [0.717, 1.165) is 19.0 Å². The minimum absolute atomic E-state index is 0.138. The number of nitrogens with zero attached hydrogens (tertiary/aromatic N) is 3. The highest BCUT2D eigenvalue weighted by atomic mass is 19.1. The lowest BCUT2D eigenvalue weighted by atomic mass is 10.1. The first-order valence-electron chi connectivity index (χ1n) is 7.74. The molecule has 2 aliphatic rings. The summed E-state index contributed by atoms with van der Waals surface area (Å²) in [4.78, 5) is 20.6. The molecule has 2 fully saturated rings. The maximum Gasteiger partial charge on any atom is 0.256 e. The SMILES string of the molecule is CC(C)N1C2CCC1CN(C(=O)c1ccncc1F)CC2. The number of amides is 1. The van der Waals surface area contributed by atoms with Crippen LogP contribution in [-0.4, -0.2) is 51.9 Å². The Balaban J connectivity index is 1.79. The Morgan fingerprint density at radius 2 is 2.10 bits per heavy atom. The minimum Gasteiger partial charge on any atom is -0.337 e. The van der Waals surface area contributed by atoms with Crippen LogP contribution in [0.15, 0.2) is 18.5 Å². The van der Waals surface area contributed by atoms with E-state index >= 15 is 0 Å². The molecule has 1 amide bonds. The van der Waals surface area contributed by atoms with Gasteiger partial charge in [0.2, 0.25) is 0 Å². The van der Waals surface area contributed by atoms with Crippen molar-refractivity contribution >= 4 is 5.91 Å². The second-order valence-electron chi connectivity index (χ2n) is 6.32. The van der Waals surface area contributed by atoms with Gasteiger partial charge in [-0.2, -0.15) is 0 Å². The summed E-state index contributed by atoms with van der Waals surface area (Å²) in [5.41, 5.74) is 0.138. The van der Waals surface area contributed by atoms with Crippen molar-refractivity contribution < 1.29 is 9.18 Å². The van der Waals surface area contributed by atoms with Gasteiger partial charge in [0.25, 0.3) is 5.91 Å². The van der Waals surface area contributed by atoms with E-state index in [9.17, 15) is 9.18 Å². The summed E-state index contributed by atoms with van der Waals surface area (Å²) in [6, 6.07) is 2.94. The van der Waals surface area contributed by atoms with Gasteiger partial charge in [-0.25, -0.2) is 4.39 Å². The summed E-state index contributed by atoms with van der Waals surface area (Å²) < 4.78 is 13.8. The molecule has 0 aliphatic carbocycles. The first-order chi connectivity index (χ1) is 10.1. The fourth-order valence-electron chi connectivity index (χ4n) is 3.86. The normalized spacial score (nSPS) is 26.2. The molecule has 2 bridgehead atoms. The molecule has 1 aromatic heterocycles. The predicted molar refractivity (Wildman–Crippen MR) is 78.5 cm³/mol. The van der Waals surface area contributed by atoms with Crippen LogP contribution in [0.25, 0.3) is 0 Å². The third-order valence-electron chi connectivity index (χ3n) is 4.73. The summed E-state index contributed by atoms with van der Waals surface area (Å²) in [6.07, 6.45) is 5.91. The van der Waals surface area contributed by atoms with E-state index in [1.807, 2.05) is 4.90 Å². The number of carbonyl (C=O) groups excluding carboxylic acids is 1. The summed E-state index contributed by atoms with van der Waals surface area (Å²) >= 11 is 0. The second-order valence-corrected chi connectivity index (χ2v) is 6.32. The van der Waals surface area contributed by atoms with Crippen molar-refractivity contribution in [1.29, 1.82) is 0 Å². The van der Waals surface area contributed by atoms with E-state index < -0.39 is 5.82 Å². The van der Waals surface area contributed by atoms with Crippen molar-refractivity contribution in [3.63, 3.8) is 0 Å². The van der Waals surface area contributed by atoms with Crippen molar-refractivity contribution in [3.05, 3.63) is 29.8 Å². The Morgan fingerprint density at radius 3 is 2.81 bits per heavy atom. The molecule has 0 saturated carbocycles. The molecule has 0 spiro atoms. The Hall–Kier alpha value is -1.49. The average Bonchev–Trinajstić information content (AvgIpc) is 2.73. The number of likely N-dealkylation sites (tertiary alicyclic amines) is 1. The zero-order valence-corrected chi connectivity index (χ0v) is 12.6. The molecule has 0 N–H and O–H groups in total. The number of carbonyl (C=O) groups is 1. The van der Waals surface area contributed by atoms with Gasteiger partial charge in [0.15, 0.2) is 5.82 Å². The second kappa shape index (κ2) is 5.72. The van der Waals surface area contributed by atoms with E-state index in [1.54, 1.807) is 0 Å². The van der Waals surface area contributed by atoms with E-state index in [2.05, 4.69) is 23.7 Å². The first kappa shape index (κ1) is 14.4. The van der Waals surface area contributed by atoms with E-state index in [-0.39, 0.29) is 11.5 Å². The molecule has 0 radical (unpaired) electrons. The largest absolute Gasteiger partial charge is 0.337 e. The number of fused-ring (bicyclic) bond motifs is 2. The fourth-order valence-corrected chi connectivity index (χ4v) is 3.86. The lowest BCUT2D eigenvalue weighted by molar-refractivity contribution is 0.0723. The number of hydrogen-bond acceptors (Lipinski definition) is 3. The molecule has 0 aromatic carbocycles. The highest BCUT2D eigenvalue weighted by Gasteiger charge is 2.39. The molecule has 2 atom stereocenters. The molecule has 2 unspecified atom stereocenters. The van der Waals surface area contributed by atoms with Gasteiger partial charge in [-0.1, -0.05) is 0 Å². The molecule has 3 rings (SSSR count). The molecule has 3 heterocycles. The lowest BCUT2D eigenvalue weighted by Crippen LogP contribution is -2.44. The van der Waals surface area contributed by atoms with E-state index in [0.29, 0.717) is 31.2 Å². The summed E-state index contributed by atoms with van der Waals surface area (Å²) in [7, 11) is 0. The minimum atomic E-state index is -0.530. The van der Waals surface area contributed by atoms with Crippen LogP contribution in [0, 0.1) is 5.82 Å². The molecular formula is C16H22FN3O. The van der Waals surface area contributed by atoms with Gasteiger partial charge < -0.3 is 4.90 Å². The van der Waals surface area contributed by atoms with Crippen molar-refractivity contribution in [2.75, 3.05) is 13.1 Å². The Labute approximate surface area is 125 Å². The average molecular weight is 291 g/mol. The lowest BCUT2D eigenvalue weighted by Gasteiger charge is -2.32. The quantitative estimate of drug-likeness (QED) is 0.839. The summed E-state index contributed by atoms with van der Waals surface area (Å²) in [5, 5.41) is 0. The topological polar surface area (TPSA) is 36.4 Å². The molecule has 1 aromatic rings. The van der Waals surface area contributed by atoms with Crippen molar-refractivity contribution in [2.45, 2.75) is 51.2 Å². The monoisotopic (exact) mass is 291 g/mol. The standard InChI is InChI=1S/C16H22FN3O/c1-11(2)20-12-3-4-13(20)10-19(8-6-12)16(21)14-5-7-18-9-15(14)17/h5,7,9,11-13H,3-4,6,8,10H2,1-2H3. The molecule has 114 valence electrons. The highest BCUT2D eigenvalue weighted by molar-refractivity contribution is 5.94. The van der Waals surface area contributed by atoms with Crippen LogP contribution in [0.3, 0.4) is 0 Å². The molecule has 2 saturated heterocycles. The van der Waals surface area contributed by atoms with Crippen LogP contribution in [-0.2, 0) is 0 Å². The number of hydrogen-bond donors (Lipinski definition) is 0. The Bertz CT molecular complexity index is 534. The van der Waals surface area contributed by atoms with Gasteiger partial charge in [-0.3, -0.25) is 14.7 Å². The number of rotatable bonds is 2. The van der Waals surface area contributed by atoms with Crippen LogP contribution in [0.2, 0.25) is 0 Å². The summed E-state index contributed by atoms with van der Waals surface area (Å²) in [5.74, 6) is -0.733. The maximum atomic E-state index is 13.8.